The minimum Gasteiger partial charge on any atom is -0.497 e. The summed E-state index contributed by atoms with van der Waals surface area (Å²) >= 11 is 0. The average Bonchev–Trinajstić information content (AvgIpc) is 3.06. The molecule has 1 aromatic carbocycles. The summed E-state index contributed by atoms with van der Waals surface area (Å²) in [6.07, 6.45) is 0. The van der Waals surface area contributed by atoms with Crippen molar-refractivity contribution >= 4 is 16.1 Å². The van der Waals surface area contributed by atoms with Gasteiger partial charge in [0.1, 0.15) is 17.0 Å². The molecule has 0 bridgehead atoms. The van der Waals surface area contributed by atoms with Crippen molar-refractivity contribution in [1.29, 1.82) is 0 Å². The zero-order valence-corrected chi connectivity index (χ0v) is 13.0. The number of ether oxygens (including phenoxy) is 2. The monoisotopic (exact) mass is 327 g/mol. The Kier molecular flexibility index (Phi) is 3.84. The lowest BCUT2D eigenvalue weighted by Gasteiger charge is -2.18. The topological polar surface area (TPSA) is 90.9 Å². The quantitative estimate of drug-likeness (QED) is 0.627. The van der Waals surface area contributed by atoms with Crippen molar-refractivity contribution in [3.8, 4) is 5.75 Å². The largest absolute Gasteiger partial charge is 0.497 e. The smallest absolute Gasteiger partial charge is 0.323 e. The Balaban J connectivity index is 1.97. The highest BCUT2D eigenvalue weighted by Gasteiger charge is 2.57. The van der Waals surface area contributed by atoms with Crippen LogP contribution in [0.4, 0.5) is 0 Å². The second-order valence-electron chi connectivity index (χ2n) is 5.32. The number of hydrogen-bond acceptors (Lipinski definition) is 7. The van der Waals surface area contributed by atoms with Gasteiger partial charge in [-0.3, -0.25) is 14.3 Å². The van der Waals surface area contributed by atoms with Crippen molar-refractivity contribution in [1.82, 2.24) is 5.32 Å². The molecule has 2 fully saturated rings. The molecular formula is C14H17NO6S. The molecule has 120 valence electrons. The Morgan fingerprint density at radius 1 is 1.27 bits per heavy atom. The van der Waals surface area contributed by atoms with E-state index in [9.17, 15) is 13.2 Å². The van der Waals surface area contributed by atoms with Crippen LogP contribution in [0.2, 0.25) is 0 Å². The molecule has 1 N–H and O–H groups in total. The highest BCUT2D eigenvalue weighted by atomic mass is 32.2. The molecule has 3 rings (SSSR count). The highest BCUT2D eigenvalue weighted by Crippen LogP contribution is 2.42. The minimum atomic E-state index is -3.71. The van der Waals surface area contributed by atoms with Crippen LogP contribution in [0.1, 0.15) is 11.6 Å². The Bertz CT molecular complexity index is 671. The standard InChI is InChI=1S/C14H17NO6S/c1-19-9-5-3-8(4-6-9)11-13-10(7-21-22(13,17)18)12(15-11)14(16)20-2/h3-6,10-13,15H,7H2,1-2H3/t10-,11+,12+,13-/m1/s1. The van der Waals surface area contributed by atoms with Gasteiger partial charge in [-0.2, -0.15) is 8.42 Å². The first-order chi connectivity index (χ1) is 10.5. The van der Waals surface area contributed by atoms with Crippen molar-refractivity contribution < 1.29 is 26.9 Å². The summed E-state index contributed by atoms with van der Waals surface area (Å²) in [6, 6.07) is 5.84. The molecule has 4 atom stereocenters. The van der Waals surface area contributed by atoms with Gasteiger partial charge in [0.2, 0.25) is 0 Å². The van der Waals surface area contributed by atoms with Gasteiger partial charge in [0, 0.05) is 5.92 Å². The van der Waals surface area contributed by atoms with Crippen LogP contribution in [0.3, 0.4) is 0 Å². The number of methoxy groups -OCH3 is 2. The van der Waals surface area contributed by atoms with Gasteiger partial charge >= 0.3 is 5.97 Å². The van der Waals surface area contributed by atoms with Crippen LogP contribution in [0.15, 0.2) is 24.3 Å². The first kappa shape index (κ1) is 15.3. The van der Waals surface area contributed by atoms with Crippen molar-refractivity contribution in [2.45, 2.75) is 17.3 Å². The van der Waals surface area contributed by atoms with Gasteiger partial charge in [-0.15, -0.1) is 0 Å². The van der Waals surface area contributed by atoms with Gasteiger partial charge in [0.05, 0.1) is 26.9 Å². The Morgan fingerprint density at radius 3 is 2.55 bits per heavy atom. The summed E-state index contributed by atoms with van der Waals surface area (Å²) < 4.78 is 39.1. The van der Waals surface area contributed by atoms with Gasteiger partial charge in [-0.05, 0) is 17.7 Å². The number of esters is 1. The van der Waals surface area contributed by atoms with Gasteiger partial charge in [-0.25, -0.2) is 0 Å². The summed E-state index contributed by atoms with van der Waals surface area (Å²) in [5.74, 6) is -0.260. The number of benzene rings is 1. The zero-order valence-electron chi connectivity index (χ0n) is 12.2. The fourth-order valence-electron chi connectivity index (χ4n) is 3.14. The van der Waals surface area contributed by atoms with E-state index in [-0.39, 0.29) is 6.61 Å². The molecule has 7 nitrogen and oxygen atoms in total. The SMILES string of the molecule is COC(=O)[C@H]1N[C@@H](c2ccc(OC)cc2)[C@H]2[C@@H]1COS2(=O)=O. The number of fused-ring (bicyclic) bond motifs is 1. The Hall–Kier alpha value is -1.64. The third-order valence-corrected chi connectivity index (χ3v) is 5.98. The van der Waals surface area contributed by atoms with E-state index in [0.29, 0.717) is 5.75 Å². The van der Waals surface area contributed by atoms with Crippen LogP contribution in [0.5, 0.6) is 5.75 Å². The second-order valence-corrected chi connectivity index (χ2v) is 7.09. The molecule has 0 aromatic heterocycles. The van der Waals surface area contributed by atoms with E-state index in [2.05, 4.69) is 5.32 Å². The van der Waals surface area contributed by atoms with E-state index in [1.54, 1.807) is 31.4 Å². The molecule has 0 radical (unpaired) electrons. The lowest BCUT2D eigenvalue weighted by atomic mass is 9.96. The van der Waals surface area contributed by atoms with E-state index in [0.717, 1.165) is 5.56 Å². The molecule has 22 heavy (non-hydrogen) atoms. The van der Waals surface area contributed by atoms with Gasteiger partial charge in [0.15, 0.2) is 0 Å². The molecule has 2 saturated heterocycles. The van der Waals surface area contributed by atoms with E-state index < -0.39 is 39.3 Å². The summed E-state index contributed by atoms with van der Waals surface area (Å²) in [6.45, 7) is -0.00752. The maximum atomic E-state index is 12.2. The fraction of sp³-hybridized carbons (Fsp3) is 0.500. The van der Waals surface area contributed by atoms with Crippen molar-refractivity contribution in [3.05, 3.63) is 29.8 Å². The van der Waals surface area contributed by atoms with E-state index in [1.165, 1.54) is 7.11 Å². The van der Waals surface area contributed by atoms with Crippen LogP contribution >= 0.6 is 0 Å². The Morgan fingerprint density at radius 2 is 1.95 bits per heavy atom. The average molecular weight is 327 g/mol. The van der Waals surface area contributed by atoms with E-state index in [1.807, 2.05) is 0 Å². The fourth-order valence-corrected chi connectivity index (χ4v) is 4.88. The van der Waals surface area contributed by atoms with Crippen LogP contribution < -0.4 is 10.1 Å². The third-order valence-electron chi connectivity index (χ3n) is 4.23. The predicted molar refractivity (Wildman–Crippen MR) is 76.8 cm³/mol. The first-order valence-corrected chi connectivity index (χ1v) is 8.31. The van der Waals surface area contributed by atoms with Crippen molar-refractivity contribution in [3.63, 3.8) is 0 Å². The number of carbonyl (C=O) groups excluding carboxylic acids is 1. The summed E-state index contributed by atoms with van der Waals surface area (Å²) in [5.41, 5.74) is 0.760. The molecule has 0 saturated carbocycles. The lowest BCUT2D eigenvalue weighted by molar-refractivity contribution is -0.144. The molecule has 0 unspecified atom stereocenters. The lowest BCUT2D eigenvalue weighted by Crippen LogP contribution is -2.38. The molecule has 2 heterocycles. The first-order valence-electron chi connectivity index (χ1n) is 6.84. The number of rotatable bonds is 3. The zero-order chi connectivity index (χ0) is 15.9. The minimum absolute atomic E-state index is 0.00752. The maximum Gasteiger partial charge on any atom is 0.323 e. The molecule has 2 aliphatic rings. The van der Waals surface area contributed by atoms with E-state index in [4.69, 9.17) is 13.7 Å². The van der Waals surface area contributed by atoms with Crippen molar-refractivity contribution in [2.24, 2.45) is 5.92 Å². The third kappa shape index (κ3) is 2.37. The number of carbonyl (C=O) groups is 1. The maximum absolute atomic E-state index is 12.2. The van der Waals surface area contributed by atoms with Gasteiger partial charge in [-0.1, -0.05) is 12.1 Å². The molecular weight excluding hydrogens is 310 g/mol. The second kappa shape index (κ2) is 5.53. The van der Waals surface area contributed by atoms with Gasteiger partial charge in [0.25, 0.3) is 10.1 Å². The van der Waals surface area contributed by atoms with E-state index >= 15 is 0 Å². The number of hydrogen-bond donors (Lipinski definition) is 1. The number of nitrogens with one attached hydrogen (secondary N) is 1. The summed E-state index contributed by atoms with van der Waals surface area (Å²) in [5, 5.41) is 2.28. The molecule has 0 aliphatic carbocycles. The molecule has 1 aromatic rings. The molecule has 8 heteroatoms. The van der Waals surface area contributed by atoms with Crippen LogP contribution in [-0.4, -0.2) is 46.5 Å². The normalized spacial score (nSPS) is 32.5. The highest BCUT2D eigenvalue weighted by molar-refractivity contribution is 7.87. The summed E-state index contributed by atoms with van der Waals surface area (Å²) in [4.78, 5) is 11.9. The molecule has 2 aliphatic heterocycles. The molecule has 0 spiro atoms. The van der Waals surface area contributed by atoms with Crippen LogP contribution in [0.25, 0.3) is 0 Å². The Labute approximate surface area is 128 Å². The summed E-state index contributed by atoms with van der Waals surface area (Å²) in [7, 11) is -0.874. The predicted octanol–water partition coefficient (Wildman–Crippen LogP) is 0.226. The van der Waals surface area contributed by atoms with Gasteiger partial charge < -0.3 is 9.47 Å². The van der Waals surface area contributed by atoms with Crippen LogP contribution in [0, 0.1) is 5.92 Å². The van der Waals surface area contributed by atoms with Crippen molar-refractivity contribution in [2.75, 3.05) is 20.8 Å². The molecule has 0 amide bonds. The van der Waals surface area contributed by atoms with Crippen LogP contribution in [-0.2, 0) is 23.8 Å².